The summed E-state index contributed by atoms with van der Waals surface area (Å²) in [7, 11) is -0.363. The Hall–Kier alpha value is -2.78. The van der Waals surface area contributed by atoms with Gasteiger partial charge < -0.3 is 19.5 Å². The van der Waals surface area contributed by atoms with Crippen molar-refractivity contribution in [3.63, 3.8) is 0 Å². The van der Waals surface area contributed by atoms with Crippen LogP contribution in [0.15, 0.2) is 41.3 Å². The van der Waals surface area contributed by atoms with Gasteiger partial charge in [0.25, 0.3) is 5.91 Å². The molecule has 0 unspecified atom stereocenters. The summed E-state index contributed by atoms with van der Waals surface area (Å²) in [5.74, 6) is 1.38. The molecular formula is C23H30N2O6S. The van der Waals surface area contributed by atoms with Crippen molar-refractivity contribution in [1.29, 1.82) is 0 Å². The Labute approximate surface area is 189 Å². The molecule has 1 saturated heterocycles. The molecule has 0 radical (unpaired) electrons. The molecule has 1 fully saturated rings. The van der Waals surface area contributed by atoms with Crippen LogP contribution in [-0.4, -0.2) is 52.5 Å². The van der Waals surface area contributed by atoms with Crippen LogP contribution in [0.1, 0.15) is 36.9 Å². The number of ether oxygens (including phenoxy) is 3. The Kier molecular flexibility index (Phi) is 7.63. The molecule has 0 aromatic heterocycles. The summed E-state index contributed by atoms with van der Waals surface area (Å²) in [6.45, 7) is 4.55. The number of aryl methyl sites for hydroxylation is 1. The first-order valence-electron chi connectivity index (χ1n) is 10.5. The van der Waals surface area contributed by atoms with Gasteiger partial charge in [0, 0.05) is 13.1 Å². The third kappa shape index (κ3) is 5.34. The topological polar surface area (TPSA) is 94.2 Å². The van der Waals surface area contributed by atoms with Crippen molar-refractivity contribution in [1.82, 2.24) is 9.62 Å². The Bertz CT molecular complexity index is 1060. The zero-order valence-electron chi connectivity index (χ0n) is 18.9. The highest BCUT2D eigenvalue weighted by Crippen LogP contribution is 2.30. The first-order chi connectivity index (χ1) is 15.3. The second-order valence-corrected chi connectivity index (χ2v) is 9.67. The predicted molar refractivity (Wildman–Crippen MR) is 121 cm³/mol. The minimum atomic E-state index is -3.49. The van der Waals surface area contributed by atoms with E-state index in [9.17, 15) is 13.2 Å². The van der Waals surface area contributed by atoms with E-state index in [0.29, 0.717) is 35.9 Å². The highest BCUT2D eigenvalue weighted by Gasteiger charge is 2.27. The number of carbonyl (C=O) groups is 1. The molecule has 1 aliphatic rings. The summed E-state index contributed by atoms with van der Waals surface area (Å²) in [5.41, 5.74) is 1.52. The second-order valence-electron chi connectivity index (χ2n) is 7.73. The zero-order chi connectivity index (χ0) is 23.3. The number of sulfonamides is 1. The maximum absolute atomic E-state index is 12.7. The molecule has 1 atom stereocenters. The van der Waals surface area contributed by atoms with Crippen LogP contribution in [-0.2, 0) is 14.8 Å². The van der Waals surface area contributed by atoms with E-state index in [0.717, 1.165) is 18.4 Å². The summed E-state index contributed by atoms with van der Waals surface area (Å²) >= 11 is 0. The van der Waals surface area contributed by atoms with Crippen molar-refractivity contribution in [3.05, 3.63) is 47.5 Å². The summed E-state index contributed by atoms with van der Waals surface area (Å²) < 4.78 is 43.1. The first-order valence-corrected chi connectivity index (χ1v) is 11.9. The molecule has 1 aliphatic heterocycles. The van der Waals surface area contributed by atoms with Crippen LogP contribution in [0.5, 0.6) is 17.2 Å². The third-order valence-corrected chi connectivity index (χ3v) is 7.39. The van der Waals surface area contributed by atoms with Crippen molar-refractivity contribution in [2.24, 2.45) is 0 Å². The predicted octanol–water partition coefficient (Wildman–Crippen LogP) is 3.05. The van der Waals surface area contributed by atoms with Crippen molar-refractivity contribution in [3.8, 4) is 17.2 Å². The van der Waals surface area contributed by atoms with Crippen LogP contribution in [0.25, 0.3) is 0 Å². The average molecular weight is 463 g/mol. The monoisotopic (exact) mass is 462 g/mol. The lowest BCUT2D eigenvalue weighted by Crippen LogP contribution is -2.31. The number of carbonyl (C=O) groups excluding carboxylic acids is 1. The Balaban J connectivity index is 1.60. The van der Waals surface area contributed by atoms with Gasteiger partial charge in [-0.1, -0.05) is 6.07 Å². The molecule has 9 heteroatoms. The van der Waals surface area contributed by atoms with E-state index in [1.807, 2.05) is 19.1 Å². The normalized spacial score (nSPS) is 15.2. The molecule has 174 valence electrons. The maximum atomic E-state index is 12.7. The van der Waals surface area contributed by atoms with Crippen molar-refractivity contribution >= 4 is 15.9 Å². The summed E-state index contributed by atoms with van der Waals surface area (Å²) in [4.78, 5) is 12.6. The van der Waals surface area contributed by atoms with Crippen molar-refractivity contribution < 1.29 is 27.4 Å². The molecule has 2 aromatic carbocycles. The van der Waals surface area contributed by atoms with E-state index >= 15 is 0 Å². The minimum absolute atomic E-state index is 0.184. The van der Waals surface area contributed by atoms with Crippen LogP contribution < -0.4 is 19.5 Å². The molecule has 0 bridgehead atoms. The van der Waals surface area contributed by atoms with Crippen LogP contribution in [0.4, 0.5) is 0 Å². The van der Waals surface area contributed by atoms with Gasteiger partial charge in [-0.25, -0.2) is 8.42 Å². The fourth-order valence-electron chi connectivity index (χ4n) is 3.65. The number of nitrogens with one attached hydrogen (secondary N) is 1. The highest BCUT2D eigenvalue weighted by molar-refractivity contribution is 7.89. The van der Waals surface area contributed by atoms with Gasteiger partial charge in [0.05, 0.1) is 25.2 Å². The number of rotatable bonds is 9. The molecule has 8 nitrogen and oxygen atoms in total. The van der Waals surface area contributed by atoms with Gasteiger partial charge in [0.2, 0.25) is 10.0 Å². The molecule has 1 heterocycles. The first kappa shape index (κ1) is 23.9. The van der Waals surface area contributed by atoms with E-state index in [1.54, 1.807) is 39.3 Å². The molecule has 1 N–H and O–H groups in total. The van der Waals surface area contributed by atoms with Crippen LogP contribution in [0, 0.1) is 6.92 Å². The average Bonchev–Trinajstić information content (AvgIpc) is 3.33. The maximum Gasteiger partial charge on any atom is 0.258 e. The van der Waals surface area contributed by atoms with E-state index in [-0.39, 0.29) is 23.5 Å². The summed E-state index contributed by atoms with van der Waals surface area (Å²) in [6.07, 6.45) is 1.77. The van der Waals surface area contributed by atoms with Gasteiger partial charge in [0.15, 0.2) is 18.1 Å². The molecule has 0 spiro atoms. The lowest BCUT2D eigenvalue weighted by atomic mass is 10.1. The number of benzene rings is 2. The SMILES string of the molecule is COc1ccc([C@H](C)NC(=O)COc2ccc(S(=O)(=O)N3CCCC3)cc2C)cc1OC. The van der Waals surface area contributed by atoms with Gasteiger partial charge >= 0.3 is 0 Å². The van der Waals surface area contributed by atoms with Gasteiger partial charge in [-0.15, -0.1) is 0 Å². The molecule has 0 saturated carbocycles. The molecular weight excluding hydrogens is 432 g/mol. The lowest BCUT2D eigenvalue weighted by Gasteiger charge is -2.18. The van der Waals surface area contributed by atoms with Gasteiger partial charge in [-0.2, -0.15) is 4.31 Å². The number of methoxy groups -OCH3 is 2. The summed E-state index contributed by atoms with van der Waals surface area (Å²) in [5, 5.41) is 2.88. The van der Waals surface area contributed by atoms with Gasteiger partial charge in [0.1, 0.15) is 5.75 Å². The zero-order valence-corrected chi connectivity index (χ0v) is 19.7. The van der Waals surface area contributed by atoms with Gasteiger partial charge in [-0.3, -0.25) is 4.79 Å². The molecule has 0 aliphatic carbocycles. The number of amides is 1. The smallest absolute Gasteiger partial charge is 0.258 e. The quantitative estimate of drug-likeness (QED) is 0.616. The van der Waals surface area contributed by atoms with Crippen LogP contribution >= 0.6 is 0 Å². The van der Waals surface area contributed by atoms with Crippen LogP contribution in [0.2, 0.25) is 0 Å². The van der Waals surface area contributed by atoms with Crippen LogP contribution in [0.3, 0.4) is 0 Å². The molecule has 32 heavy (non-hydrogen) atoms. The molecule has 3 rings (SSSR count). The van der Waals surface area contributed by atoms with Crippen molar-refractivity contribution in [2.45, 2.75) is 37.6 Å². The number of hydrogen-bond acceptors (Lipinski definition) is 6. The largest absolute Gasteiger partial charge is 0.493 e. The minimum Gasteiger partial charge on any atom is -0.493 e. The Morgan fingerprint density at radius 1 is 1.03 bits per heavy atom. The fraction of sp³-hybridized carbons (Fsp3) is 0.435. The Morgan fingerprint density at radius 2 is 1.69 bits per heavy atom. The lowest BCUT2D eigenvalue weighted by molar-refractivity contribution is -0.123. The van der Waals surface area contributed by atoms with E-state index in [2.05, 4.69) is 5.32 Å². The molecule has 2 aromatic rings. The standard InChI is InChI=1S/C23H30N2O6S/c1-16-13-19(32(27,28)25-11-5-6-12-25)8-10-20(16)31-15-23(26)24-17(2)18-7-9-21(29-3)22(14-18)30-4/h7-10,13-14,17H,5-6,11-12,15H2,1-4H3,(H,24,26)/t17-/m0/s1. The van der Waals surface area contributed by atoms with Crippen molar-refractivity contribution in [2.75, 3.05) is 33.9 Å². The second kappa shape index (κ2) is 10.2. The van der Waals surface area contributed by atoms with E-state index in [4.69, 9.17) is 14.2 Å². The highest BCUT2D eigenvalue weighted by atomic mass is 32.2. The van der Waals surface area contributed by atoms with E-state index < -0.39 is 10.0 Å². The van der Waals surface area contributed by atoms with E-state index in [1.165, 1.54) is 10.4 Å². The number of hydrogen-bond donors (Lipinski definition) is 1. The fourth-order valence-corrected chi connectivity index (χ4v) is 5.26. The number of nitrogens with zero attached hydrogens (tertiary/aromatic N) is 1. The van der Waals surface area contributed by atoms with Gasteiger partial charge in [-0.05, 0) is 68.1 Å². The Morgan fingerprint density at radius 3 is 2.31 bits per heavy atom. The summed E-state index contributed by atoms with van der Waals surface area (Å²) in [6, 6.07) is 9.91. The third-order valence-electron chi connectivity index (χ3n) is 5.49. The molecule has 1 amide bonds.